The maximum atomic E-state index is 2.61. The Morgan fingerprint density at radius 2 is 0.700 bits per heavy atom. The van der Waals surface area contributed by atoms with E-state index >= 15 is 0 Å². The summed E-state index contributed by atoms with van der Waals surface area (Å²) in [7, 11) is 0. The lowest BCUT2D eigenvalue weighted by molar-refractivity contribution is 0.632. The van der Waals surface area contributed by atoms with E-state index in [-0.39, 0.29) is 0 Å². The summed E-state index contributed by atoms with van der Waals surface area (Å²) in [5.74, 6) is 0. The molecule has 0 amide bonds. The summed E-state index contributed by atoms with van der Waals surface area (Å²) in [5.41, 5.74) is 20.6. The molecule has 0 N–H and O–H groups in total. The van der Waals surface area contributed by atoms with Gasteiger partial charge in [-0.05, 0) is 120 Å². The van der Waals surface area contributed by atoms with Gasteiger partial charge in [-0.15, -0.1) is 0 Å². The number of fused-ring (bicyclic) bond motifs is 17. The van der Waals surface area contributed by atoms with Crippen LogP contribution in [0.4, 0.5) is 0 Å². The van der Waals surface area contributed by atoms with Crippen molar-refractivity contribution in [3.8, 4) is 33.4 Å². The van der Waals surface area contributed by atoms with Crippen LogP contribution in [0.25, 0.3) is 44.2 Å². The van der Waals surface area contributed by atoms with Gasteiger partial charge in [0.15, 0.2) is 0 Å². The van der Waals surface area contributed by atoms with Crippen LogP contribution in [0.15, 0.2) is 170 Å². The van der Waals surface area contributed by atoms with Gasteiger partial charge in [-0.25, -0.2) is 0 Å². The highest BCUT2D eigenvalue weighted by Crippen LogP contribution is 2.67. The van der Waals surface area contributed by atoms with Gasteiger partial charge in [0, 0.05) is 0 Å². The molecule has 0 bridgehead atoms. The molecule has 2 spiro atoms. The van der Waals surface area contributed by atoms with Gasteiger partial charge in [0.1, 0.15) is 0 Å². The molecule has 0 fully saturated rings. The normalized spacial score (nSPS) is 14.9. The third kappa shape index (κ3) is 3.18. The van der Waals surface area contributed by atoms with Gasteiger partial charge in [0.25, 0.3) is 0 Å². The van der Waals surface area contributed by atoms with E-state index in [0.717, 1.165) is 0 Å². The van der Waals surface area contributed by atoms with Crippen LogP contribution in [-0.4, -0.2) is 0 Å². The summed E-state index contributed by atoms with van der Waals surface area (Å²) < 4.78 is 0. The molecule has 0 heteroatoms. The zero-order chi connectivity index (χ0) is 33.2. The SMILES string of the molecule is Cc1cc2c(cc1-c1c(C)ccc3ccccc13)C1(c3ccccc3-c3ccccc31)c1ccccc1C21c2ccccc2-c2ccccc21. The highest BCUT2D eigenvalue weighted by atomic mass is 14.6. The fourth-order valence-corrected chi connectivity index (χ4v) is 10.4. The van der Waals surface area contributed by atoms with E-state index in [1.54, 1.807) is 0 Å². The molecule has 8 aromatic rings. The Kier molecular flexibility index (Phi) is 5.47. The van der Waals surface area contributed by atoms with Crippen molar-refractivity contribution in [2.45, 2.75) is 24.7 Å². The summed E-state index contributed by atoms with van der Waals surface area (Å²) in [4.78, 5) is 0. The van der Waals surface area contributed by atoms with E-state index in [4.69, 9.17) is 0 Å². The molecule has 0 atom stereocenters. The van der Waals surface area contributed by atoms with Gasteiger partial charge >= 0.3 is 0 Å². The largest absolute Gasteiger partial charge is 0.0720 e. The predicted molar refractivity (Wildman–Crippen MR) is 207 cm³/mol. The number of hydrogen-bond acceptors (Lipinski definition) is 0. The van der Waals surface area contributed by atoms with Crippen molar-refractivity contribution in [1.29, 1.82) is 0 Å². The quantitative estimate of drug-likeness (QED) is 0.169. The van der Waals surface area contributed by atoms with E-state index in [1.807, 2.05) is 0 Å². The molecule has 0 heterocycles. The van der Waals surface area contributed by atoms with Crippen LogP contribution in [0.3, 0.4) is 0 Å². The number of benzene rings is 8. The molecule has 0 aromatic heterocycles. The Hall–Kier alpha value is -5.98. The summed E-state index contributed by atoms with van der Waals surface area (Å²) in [5, 5.41) is 2.58. The third-order valence-electron chi connectivity index (χ3n) is 12.2. The molecule has 8 aromatic carbocycles. The van der Waals surface area contributed by atoms with Crippen LogP contribution in [0.1, 0.15) is 55.6 Å². The Labute approximate surface area is 293 Å². The first-order valence-electron chi connectivity index (χ1n) is 17.8. The minimum absolute atomic E-state index is 0.464. The molecule has 3 aliphatic rings. The van der Waals surface area contributed by atoms with E-state index < -0.39 is 10.8 Å². The van der Waals surface area contributed by atoms with Crippen molar-refractivity contribution < 1.29 is 0 Å². The van der Waals surface area contributed by atoms with Crippen LogP contribution in [0, 0.1) is 13.8 Å². The first-order valence-corrected chi connectivity index (χ1v) is 17.8. The van der Waals surface area contributed by atoms with Crippen LogP contribution in [0.5, 0.6) is 0 Å². The minimum Gasteiger partial charge on any atom is -0.0619 e. The van der Waals surface area contributed by atoms with E-state index in [1.165, 1.54) is 99.8 Å². The van der Waals surface area contributed by atoms with Gasteiger partial charge in [0.2, 0.25) is 0 Å². The zero-order valence-corrected chi connectivity index (χ0v) is 28.2. The molecule has 0 radical (unpaired) electrons. The molecular formula is C50H34. The van der Waals surface area contributed by atoms with Crippen molar-refractivity contribution in [2.75, 3.05) is 0 Å². The molecule has 0 saturated heterocycles. The van der Waals surface area contributed by atoms with Crippen LogP contribution >= 0.6 is 0 Å². The second-order valence-electron chi connectivity index (χ2n) is 14.4. The van der Waals surface area contributed by atoms with Crippen LogP contribution < -0.4 is 0 Å². The Morgan fingerprint density at radius 3 is 1.20 bits per heavy atom. The van der Waals surface area contributed by atoms with Gasteiger partial charge in [0.05, 0.1) is 10.8 Å². The van der Waals surface area contributed by atoms with Crippen LogP contribution in [0.2, 0.25) is 0 Å². The average molecular weight is 635 g/mol. The Morgan fingerprint density at radius 1 is 0.300 bits per heavy atom. The fraction of sp³-hybridized carbons (Fsp3) is 0.0800. The van der Waals surface area contributed by atoms with Crippen molar-refractivity contribution in [3.05, 3.63) is 225 Å². The van der Waals surface area contributed by atoms with Crippen molar-refractivity contribution in [3.63, 3.8) is 0 Å². The molecule has 0 aliphatic heterocycles. The molecule has 0 unspecified atom stereocenters. The summed E-state index contributed by atoms with van der Waals surface area (Å²) in [6.45, 7) is 4.61. The van der Waals surface area contributed by atoms with Crippen molar-refractivity contribution in [2.24, 2.45) is 0 Å². The van der Waals surface area contributed by atoms with Gasteiger partial charge in [-0.1, -0.05) is 164 Å². The van der Waals surface area contributed by atoms with Crippen LogP contribution in [-0.2, 0) is 10.8 Å². The lowest BCUT2D eigenvalue weighted by atomic mass is 9.52. The average Bonchev–Trinajstić information content (AvgIpc) is 3.63. The topological polar surface area (TPSA) is 0 Å². The summed E-state index contributed by atoms with van der Waals surface area (Å²) in [6.07, 6.45) is 0. The van der Waals surface area contributed by atoms with Crippen molar-refractivity contribution >= 4 is 10.8 Å². The number of hydrogen-bond donors (Lipinski definition) is 0. The van der Waals surface area contributed by atoms with Gasteiger partial charge in [-0.3, -0.25) is 0 Å². The van der Waals surface area contributed by atoms with E-state index in [0.29, 0.717) is 0 Å². The molecule has 50 heavy (non-hydrogen) atoms. The third-order valence-corrected chi connectivity index (χ3v) is 12.2. The first-order chi connectivity index (χ1) is 24.6. The highest BCUT2D eigenvalue weighted by molar-refractivity contribution is 6.01. The lowest BCUT2D eigenvalue weighted by Gasteiger charge is -2.49. The van der Waals surface area contributed by atoms with Gasteiger partial charge in [-0.2, -0.15) is 0 Å². The molecule has 3 aliphatic carbocycles. The van der Waals surface area contributed by atoms with E-state index in [2.05, 4.69) is 184 Å². The van der Waals surface area contributed by atoms with Gasteiger partial charge < -0.3 is 0 Å². The predicted octanol–water partition coefficient (Wildman–Crippen LogP) is 12.2. The second kappa shape index (κ2) is 9.80. The van der Waals surface area contributed by atoms with Crippen molar-refractivity contribution in [1.82, 2.24) is 0 Å². The second-order valence-corrected chi connectivity index (χ2v) is 14.4. The summed E-state index contributed by atoms with van der Waals surface area (Å²) in [6, 6.07) is 64.7. The maximum Gasteiger partial charge on any atom is 0.0720 e. The fourth-order valence-electron chi connectivity index (χ4n) is 10.4. The minimum atomic E-state index is -0.488. The smallest absolute Gasteiger partial charge is 0.0619 e. The number of rotatable bonds is 1. The molecule has 0 saturated carbocycles. The zero-order valence-electron chi connectivity index (χ0n) is 28.2. The number of aryl methyl sites for hydroxylation is 2. The Balaban J connectivity index is 1.39. The summed E-state index contributed by atoms with van der Waals surface area (Å²) >= 11 is 0. The Bertz CT molecular complexity index is 2650. The maximum absolute atomic E-state index is 2.61. The first kappa shape index (κ1) is 27.9. The molecule has 0 nitrogen and oxygen atoms in total. The highest BCUT2D eigenvalue weighted by Gasteiger charge is 2.59. The lowest BCUT2D eigenvalue weighted by Crippen LogP contribution is -2.44. The standard InChI is InChI=1S/C50H34/c1-31-27-28-33-15-3-4-16-34(33)48(31)39-30-47-46(29-32(39)2)49(40-21-9-5-17-35(40)36-18-6-10-22-41(36)49)44-25-13-14-26-45(44)50(47)42-23-11-7-19-37(42)38-20-8-12-24-43(38)50/h3-30H,1-2H3. The van der Waals surface area contributed by atoms with E-state index in [9.17, 15) is 0 Å². The molecule has 234 valence electrons. The monoisotopic (exact) mass is 634 g/mol. The molecular weight excluding hydrogens is 601 g/mol. The molecule has 11 rings (SSSR count).